The molecule has 0 fully saturated rings. The van der Waals surface area contributed by atoms with Crippen molar-refractivity contribution in [2.45, 2.75) is 52.6 Å². The molecule has 0 aliphatic carbocycles. The van der Waals surface area contributed by atoms with Crippen LogP contribution in [0.4, 0.5) is 0 Å². The minimum absolute atomic E-state index is 0. The molecular weight excluding hydrogens is 155 g/mol. The minimum atomic E-state index is 0. The van der Waals surface area contributed by atoms with E-state index in [1.165, 1.54) is 0 Å². The number of rotatable bonds is 2. The molecule has 3 heteroatoms. The van der Waals surface area contributed by atoms with Crippen LogP contribution in [0.2, 0.25) is 0 Å². The first-order valence-corrected chi connectivity index (χ1v) is 4.41. The molecule has 0 unspecified atom stereocenters. The van der Waals surface area contributed by atoms with Crippen LogP contribution in [0.3, 0.4) is 0 Å². The molecule has 0 aliphatic rings. The summed E-state index contributed by atoms with van der Waals surface area (Å²) in [6, 6.07) is 0. The van der Waals surface area contributed by atoms with Gasteiger partial charge in [-0.05, 0) is 41.5 Å². The molecule has 0 aliphatic heterocycles. The quantitative estimate of drug-likeness (QED) is 0.627. The third kappa shape index (κ3) is 14.8. The van der Waals surface area contributed by atoms with Crippen LogP contribution in [0.25, 0.3) is 0 Å². The zero-order chi connectivity index (χ0) is 9.83. The van der Waals surface area contributed by atoms with Crippen LogP contribution in [0.1, 0.15) is 41.5 Å². The average molecular weight is 178 g/mol. The first-order valence-electron chi connectivity index (χ1n) is 4.41. The summed E-state index contributed by atoms with van der Waals surface area (Å²) in [5.41, 5.74) is 0.298. The maximum atomic E-state index is 3.25. The molecular formula is C10H23LiN2. The molecule has 0 aromatic carbocycles. The van der Waals surface area contributed by atoms with Crippen molar-refractivity contribution in [3.05, 3.63) is 12.4 Å². The number of hydrogen-bond acceptors (Lipinski definition) is 2. The van der Waals surface area contributed by atoms with Crippen LogP contribution in [-0.4, -0.2) is 29.9 Å². The van der Waals surface area contributed by atoms with Crippen LogP contribution in [0, 0.1) is 0 Å². The molecule has 0 atom stereocenters. The fraction of sp³-hybridized carbons (Fsp3) is 0.800. The first kappa shape index (κ1) is 15.4. The van der Waals surface area contributed by atoms with Crippen molar-refractivity contribution >= 4 is 18.9 Å². The Kier molecular flexibility index (Phi) is 6.66. The Morgan fingerprint density at radius 3 is 1.08 bits per heavy atom. The van der Waals surface area contributed by atoms with Gasteiger partial charge in [0.25, 0.3) is 0 Å². The summed E-state index contributed by atoms with van der Waals surface area (Å²) in [5.74, 6) is 0. The molecule has 0 saturated carbocycles. The van der Waals surface area contributed by atoms with E-state index in [9.17, 15) is 0 Å². The van der Waals surface area contributed by atoms with Crippen molar-refractivity contribution < 1.29 is 0 Å². The van der Waals surface area contributed by atoms with Gasteiger partial charge in [-0.15, -0.1) is 0 Å². The summed E-state index contributed by atoms with van der Waals surface area (Å²) >= 11 is 0. The second kappa shape index (κ2) is 5.62. The van der Waals surface area contributed by atoms with Crippen molar-refractivity contribution in [1.29, 1.82) is 0 Å². The topological polar surface area (TPSA) is 24.1 Å². The zero-order valence-electron chi connectivity index (χ0n) is 9.15. The molecule has 2 N–H and O–H groups in total. The second-order valence-corrected chi connectivity index (χ2v) is 5.12. The van der Waals surface area contributed by atoms with Gasteiger partial charge in [0.15, 0.2) is 0 Å². The second-order valence-electron chi connectivity index (χ2n) is 5.12. The van der Waals surface area contributed by atoms with E-state index in [1.807, 2.05) is 12.4 Å². The predicted octanol–water partition coefficient (Wildman–Crippen LogP) is 1.59. The molecule has 0 amide bonds. The molecule has 13 heavy (non-hydrogen) atoms. The van der Waals surface area contributed by atoms with E-state index in [0.717, 1.165) is 0 Å². The van der Waals surface area contributed by atoms with Crippen molar-refractivity contribution in [1.82, 2.24) is 10.6 Å². The predicted molar refractivity (Wildman–Crippen MR) is 62.1 cm³/mol. The molecule has 0 aromatic heterocycles. The van der Waals surface area contributed by atoms with Crippen molar-refractivity contribution in [3.63, 3.8) is 0 Å². The fourth-order valence-corrected chi connectivity index (χ4v) is 0.583. The summed E-state index contributed by atoms with van der Waals surface area (Å²) in [6.45, 7) is 12.8. The summed E-state index contributed by atoms with van der Waals surface area (Å²) in [4.78, 5) is 0. The van der Waals surface area contributed by atoms with E-state index in [4.69, 9.17) is 0 Å². The van der Waals surface area contributed by atoms with Crippen LogP contribution < -0.4 is 10.6 Å². The van der Waals surface area contributed by atoms with E-state index in [-0.39, 0.29) is 29.9 Å². The Balaban J connectivity index is 0. The average Bonchev–Trinajstić information content (AvgIpc) is 1.76. The molecule has 0 rings (SSSR count). The summed E-state index contributed by atoms with van der Waals surface area (Å²) < 4.78 is 0. The molecule has 0 radical (unpaired) electrons. The molecule has 74 valence electrons. The SMILES string of the molecule is CC(C)(C)N/C=C/NC(C)(C)C.[LiH]. The Morgan fingerprint density at radius 2 is 0.923 bits per heavy atom. The summed E-state index contributed by atoms with van der Waals surface area (Å²) in [6.07, 6.45) is 3.90. The van der Waals surface area contributed by atoms with E-state index in [2.05, 4.69) is 52.2 Å². The van der Waals surface area contributed by atoms with Gasteiger partial charge < -0.3 is 10.6 Å². The maximum absolute atomic E-state index is 3.25. The summed E-state index contributed by atoms with van der Waals surface area (Å²) in [7, 11) is 0. The number of nitrogens with one attached hydrogen (secondary N) is 2. The van der Waals surface area contributed by atoms with Gasteiger partial charge in [-0.2, -0.15) is 0 Å². The van der Waals surface area contributed by atoms with Gasteiger partial charge in [-0.25, -0.2) is 0 Å². The molecule has 2 nitrogen and oxygen atoms in total. The van der Waals surface area contributed by atoms with Crippen molar-refractivity contribution in [2.24, 2.45) is 0 Å². The third-order valence-electron chi connectivity index (χ3n) is 1.12. The summed E-state index contributed by atoms with van der Waals surface area (Å²) in [5, 5.41) is 6.50. The monoisotopic (exact) mass is 178 g/mol. The van der Waals surface area contributed by atoms with Crippen molar-refractivity contribution in [3.8, 4) is 0 Å². The van der Waals surface area contributed by atoms with E-state index >= 15 is 0 Å². The van der Waals surface area contributed by atoms with Gasteiger partial charge >= 0.3 is 18.9 Å². The molecule has 0 bridgehead atoms. The standard InChI is InChI=1S/C10H22N2.Li.H/c1-9(2,3)11-7-8-12-10(4,5)6;;/h7-8,11-12H,1-6H3;;/b8-7+;;. The van der Waals surface area contributed by atoms with Gasteiger partial charge in [-0.1, -0.05) is 0 Å². The van der Waals surface area contributed by atoms with Gasteiger partial charge in [-0.3, -0.25) is 0 Å². The molecule has 0 aromatic rings. The molecule has 0 heterocycles. The molecule has 0 saturated heterocycles. The Hall–Kier alpha value is -0.0626. The number of hydrogen-bond donors (Lipinski definition) is 2. The van der Waals surface area contributed by atoms with Crippen LogP contribution >= 0.6 is 0 Å². The normalized spacial score (nSPS) is 12.5. The Labute approximate surface area is 94.7 Å². The van der Waals surface area contributed by atoms with Crippen molar-refractivity contribution in [2.75, 3.05) is 0 Å². The third-order valence-corrected chi connectivity index (χ3v) is 1.12. The van der Waals surface area contributed by atoms with Crippen LogP contribution in [0.5, 0.6) is 0 Å². The van der Waals surface area contributed by atoms with E-state index in [1.54, 1.807) is 0 Å². The first-order chi connectivity index (χ1) is 5.21. The van der Waals surface area contributed by atoms with Gasteiger partial charge in [0.2, 0.25) is 0 Å². The van der Waals surface area contributed by atoms with Gasteiger partial charge in [0, 0.05) is 23.5 Å². The fourth-order valence-electron chi connectivity index (χ4n) is 0.583. The Bertz CT molecular complexity index is 133. The van der Waals surface area contributed by atoms with Gasteiger partial charge in [0.1, 0.15) is 0 Å². The Morgan fingerprint density at radius 1 is 0.692 bits per heavy atom. The zero-order valence-corrected chi connectivity index (χ0v) is 9.15. The van der Waals surface area contributed by atoms with Crippen LogP contribution in [0.15, 0.2) is 12.4 Å². The molecule has 0 spiro atoms. The van der Waals surface area contributed by atoms with E-state index in [0.29, 0.717) is 0 Å². The van der Waals surface area contributed by atoms with Crippen LogP contribution in [-0.2, 0) is 0 Å². The van der Waals surface area contributed by atoms with E-state index < -0.39 is 0 Å². The van der Waals surface area contributed by atoms with Gasteiger partial charge in [0.05, 0.1) is 0 Å².